The summed E-state index contributed by atoms with van der Waals surface area (Å²) in [6.45, 7) is 4.90. The fourth-order valence-electron chi connectivity index (χ4n) is 3.56. The second kappa shape index (κ2) is 5.58. The summed E-state index contributed by atoms with van der Waals surface area (Å²) in [5.41, 5.74) is 4.98. The Bertz CT molecular complexity index is 722. The van der Waals surface area contributed by atoms with Gasteiger partial charge in [-0.1, -0.05) is 54.6 Å². The van der Waals surface area contributed by atoms with E-state index in [2.05, 4.69) is 43.0 Å². The third kappa shape index (κ3) is 2.24. The zero-order chi connectivity index (χ0) is 15.8. The summed E-state index contributed by atoms with van der Waals surface area (Å²) in [6.07, 6.45) is 2.56. The van der Waals surface area contributed by atoms with E-state index in [0.29, 0.717) is 6.61 Å². The van der Waals surface area contributed by atoms with Crippen LogP contribution in [0.5, 0.6) is 0 Å². The molecule has 4 rings (SSSR count). The summed E-state index contributed by atoms with van der Waals surface area (Å²) in [7, 11) is 0. The SMILES string of the molecule is C=CC1CCN1C(=O)OCC1c2ccccc2-c2ccccc21. The van der Waals surface area contributed by atoms with Crippen LogP contribution in [0.2, 0.25) is 0 Å². The van der Waals surface area contributed by atoms with E-state index in [0.717, 1.165) is 13.0 Å². The Balaban J connectivity index is 1.55. The van der Waals surface area contributed by atoms with Crippen molar-refractivity contribution < 1.29 is 9.53 Å². The molecule has 0 saturated carbocycles. The normalized spacial score (nSPS) is 18.8. The van der Waals surface area contributed by atoms with Gasteiger partial charge in [0.1, 0.15) is 6.61 Å². The Kier molecular flexibility index (Phi) is 3.41. The number of likely N-dealkylation sites (tertiary alicyclic amines) is 1. The Morgan fingerprint density at radius 3 is 2.26 bits per heavy atom. The van der Waals surface area contributed by atoms with Gasteiger partial charge in [-0.2, -0.15) is 0 Å². The molecular formula is C20H19NO2. The van der Waals surface area contributed by atoms with Gasteiger partial charge in [0, 0.05) is 12.5 Å². The molecule has 2 aromatic rings. The van der Waals surface area contributed by atoms with E-state index in [1.165, 1.54) is 22.3 Å². The number of fused-ring (bicyclic) bond motifs is 3. The maximum atomic E-state index is 12.2. The molecule has 0 N–H and O–H groups in total. The molecule has 0 spiro atoms. The predicted octanol–water partition coefficient (Wildman–Crippen LogP) is 4.20. The van der Waals surface area contributed by atoms with Gasteiger partial charge in [0.05, 0.1) is 6.04 Å². The van der Waals surface area contributed by atoms with Crippen molar-refractivity contribution >= 4 is 6.09 Å². The van der Waals surface area contributed by atoms with Crippen molar-refractivity contribution in [1.82, 2.24) is 4.90 Å². The molecule has 3 nitrogen and oxygen atoms in total. The topological polar surface area (TPSA) is 29.5 Å². The smallest absolute Gasteiger partial charge is 0.410 e. The van der Waals surface area contributed by atoms with Crippen molar-refractivity contribution in [3.8, 4) is 11.1 Å². The number of carbonyl (C=O) groups is 1. The standard InChI is InChI=1S/C20H19NO2/c1-2-14-11-12-21(14)20(22)23-13-19-17-9-5-3-7-15(17)16-8-4-6-10-18(16)19/h2-10,14,19H,1,11-13H2. The molecule has 0 radical (unpaired) electrons. The molecule has 2 aliphatic rings. The van der Waals surface area contributed by atoms with Gasteiger partial charge in [-0.3, -0.25) is 0 Å². The first-order valence-electron chi connectivity index (χ1n) is 8.04. The molecule has 1 atom stereocenters. The molecule has 0 aromatic heterocycles. The Labute approximate surface area is 136 Å². The van der Waals surface area contributed by atoms with Crippen molar-refractivity contribution in [2.24, 2.45) is 0 Å². The maximum Gasteiger partial charge on any atom is 0.410 e. The third-order valence-electron chi connectivity index (χ3n) is 4.91. The lowest BCUT2D eigenvalue weighted by Crippen LogP contribution is -2.50. The highest BCUT2D eigenvalue weighted by atomic mass is 16.6. The molecule has 1 fully saturated rings. The number of benzene rings is 2. The van der Waals surface area contributed by atoms with Crippen LogP contribution in [0.4, 0.5) is 4.79 Å². The van der Waals surface area contributed by atoms with Crippen LogP contribution < -0.4 is 0 Å². The summed E-state index contributed by atoms with van der Waals surface area (Å²) in [5.74, 6) is 0.120. The van der Waals surface area contributed by atoms with Crippen molar-refractivity contribution in [3.63, 3.8) is 0 Å². The number of nitrogens with zero attached hydrogens (tertiary/aromatic N) is 1. The van der Waals surface area contributed by atoms with E-state index >= 15 is 0 Å². The average molecular weight is 305 g/mol. The van der Waals surface area contributed by atoms with Gasteiger partial charge < -0.3 is 9.64 Å². The molecule has 1 saturated heterocycles. The predicted molar refractivity (Wildman–Crippen MR) is 90.4 cm³/mol. The highest BCUT2D eigenvalue weighted by Gasteiger charge is 2.33. The van der Waals surface area contributed by atoms with Crippen LogP contribution in [0.1, 0.15) is 23.5 Å². The second-order valence-corrected chi connectivity index (χ2v) is 6.09. The molecule has 0 bridgehead atoms. The lowest BCUT2D eigenvalue weighted by Gasteiger charge is -2.38. The Morgan fingerprint density at radius 1 is 1.13 bits per heavy atom. The van der Waals surface area contributed by atoms with Gasteiger partial charge in [-0.05, 0) is 28.7 Å². The molecule has 1 aliphatic carbocycles. The molecule has 1 unspecified atom stereocenters. The number of carbonyl (C=O) groups excluding carboxylic acids is 1. The zero-order valence-corrected chi connectivity index (χ0v) is 12.9. The van der Waals surface area contributed by atoms with Crippen LogP contribution in [-0.2, 0) is 4.74 Å². The van der Waals surface area contributed by atoms with Crippen molar-refractivity contribution in [2.75, 3.05) is 13.2 Å². The second-order valence-electron chi connectivity index (χ2n) is 6.09. The van der Waals surface area contributed by atoms with E-state index in [1.54, 1.807) is 4.90 Å². The first-order valence-corrected chi connectivity index (χ1v) is 8.04. The minimum absolute atomic E-state index is 0.120. The fourth-order valence-corrected chi connectivity index (χ4v) is 3.56. The van der Waals surface area contributed by atoms with Crippen LogP contribution >= 0.6 is 0 Å². The maximum absolute atomic E-state index is 12.2. The lowest BCUT2D eigenvalue weighted by atomic mass is 9.98. The van der Waals surface area contributed by atoms with Crippen LogP contribution in [-0.4, -0.2) is 30.2 Å². The number of rotatable bonds is 3. The van der Waals surface area contributed by atoms with Gasteiger partial charge in [-0.25, -0.2) is 4.79 Å². The molecule has 1 amide bonds. The van der Waals surface area contributed by atoms with Gasteiger partial charge in [0.15, 0.2) is 0 Å². The summed E-state index contributed by atoms with van der Waals surface area (Å²) in [6, 6.07) is 16.9. The highest BCUT2D eigenvalue weighted by molar-refractivity contribution is 5.79. The van der Waals surface area contributed by atoms with Crippen LogP contribution in [0.3, 0.4) is 0 Å². The fraction of sp³-hybridized carbons (Fsp3) is 0.250. The average Bonchev–Trinajstić information content (AvgIpc) is 2.86. The number of amides is 1. The largest absolute Gasteiger partial charge is 0.448 e. The monoisotopic (exact) mass is 305 g/mol. The summed E-state index contributed by atoms with van der Waals surface area (Å²) in [4.78, 5) is 14.0. The quantitative estimate of drug-likeness (QED) is 0.796. The molecule has 23 heavy (non-hydrogen) atoms. The minimum Gasteiger partial charge on any atom is -0.448 e. The van der Waals surface area contributed by atoms with Crippen LogP contribution in [0, 0.1) is 0 Å². The van der Waals surface area contributed by atoms with Crippen molar-refractivity contribution in [2.45, 2.75) is 18.4 Å². The molecule has 116 valence electrons. The highest BCUT2D eigenvalue weighted by Crippen LogP contribution is 2.44. The van der Waals surface area contributed by atoms with E-state index in [-0.39, 0.29) is 18.1 Å². The summed E-state index contributed by atoms with van der Waals surface area (Å²) >= 11 is 0. The third-order valence-corrected chi connectivity index (χ3v) is 4.91. The van der Waals surface area contributed by atoms with Crippen molar-refractivity contribution in [1.29, 1.82) is 0 Å². The van der Waals surface area contributed by atoms with E-state index < -0.39 is 0 Å². The van der Waals surface area contributed by atoms with Crippen molar-refractivity contribution in [3.05, 3.63) is 72.3 Å². The summed E-state index contributed by atoms with van der Waals surface area (Å²) in [5, 5.41) is 0. The number of ether oxygens (including phenoxy) is 1. The summed E-state index contributed by atoms with van der Waals surface area (Å²) < 4.78 is 5.61. The molecule has 2 aromatic carbocycles. The van der Waals surface area contributed by atoms with Crippen LogP contribution in [0.25, 0.3) is 11.1 Å². The number of hydrogen-bond donors (Lipinski definition) is 0. The van der Waals surface area contributed by atoms with Gasteiger partial charge >= 0.3 is 6.09 Å². The lowest BCUT2D eigenvalue weighted by molar-refractivity contribution is 0.0607. The van der Waals surface area contributed by atoms with Crippen LogP contribution in [0.15, 0.2) is 61.2 Å². The first-order chi connectivity index (χ1) is 11.3. The Hall–Kier alpha value is -2.55. The minimum atomic E-state index is -0.233. The molecule has 3 heteroatoms. The first kappa shape index (κ1) is 14.1. The van der Waals surface area contributed by atoms with Gasteiger partial charge in [0.25, 0.3) is 0 Å². The number of hydrogen-bond acceptors (Lipinski definition) is 2. The van der Waals surface area contributed by atoms with E-state index in [4.69, 9.17) is 4.74 Å². The Morgan fingerprint density at radius 2 is 1.74 bits per heavy atom. The van der Waals surface area contributed by atoms with E-state index in [1.807, 2.05) is 18.2 Å². The molecule has 1 aliphatic heterocycles. The zero-order valence-electron chi connectivity index (χ0n) is 12.9. The molecule has 1 heterocycles. The van der Waals surface area contributed by atoms with Gasteiger partial charge in [-0.15, -0.1) is 6.58 Å². The van der Waals surface area contributed by atoms with E-state index in [9.17, 15) is 4.79 Å². The van der Waals surface area contributed by atoms with Gasteiger partial charge in [0.2, 0.25) is 0 Å². The molecular weight excluding hydrogens is 286 g/mol.